The lowest BCUT2D eigenvalue weighted by Gasteiger charge is -2.41. The number of rotatable bonds is 6. The Balaban J connectivity index is 2.49. The van der Waals surface area contributed by atoms with Gasteiger partial charge in [-0.3, -0.25) is 9.59 Å². The molecular formula is C15H29N3O2. The first kappa shape index (κ1) is 17.0. The van der Waals surface area contributed by atoms with Crippen LogP contribution in [-0.2, 0) is 9.59 Å². The number of piperazine rings is 1. The molecule has 116 valence electrons. The Bertz CT molecular complexity index is 366. The van der Waals surface area contributed by atoms with Gasteiger partial charge < -0.3 is 15.1 Å². The van der Waals surface area contributed by atoms with Gasteiger partial charge in [0, 0.05) is 12.6 Å². The average Bonchev–Trinajstić information content (AvgIpc) is 2.34. The van der Waals surface area contributed by atoms with Crippen molar-refractivity contribution in [1.82, 2.24) is 15.1 Å². The van der Waals surface area contributed by atoms with Gasteiger partial charge in [-0.15, -0.1) is 0 Å². The molecule has 0 radical (unpaired) electrons. The Labute approximate surface area is 122 Å². The summed E-state index contributed by atoms with van der Waals surface area (Å²) < 4.78 is 0. The van der Waals surface area contributed by atoms with E-state index in [1.165, 1.54) is 0 Å². The fraction of sp³-hybridized carbons (Fsp3) is 0.867. The SMILES string of the molecule is CC(C)N(C)CCCCN1C(=O)C(C)(C)NC(=O)C1C. The zero-order chi connectivity index (χ0) is 15.5. The number of amides is 2. The van der Waals surface area contributed by atoms with Gasteiger partial charge in [-0.2, -0.15) is 0 Å². The lowest BCUT2D eigenvalue weighted by Crippen LogP contribution is -2.67. The van der Waals surface area contributed by atoms with Crippen LogP contribution in [0.15, 0.2) is 0 Å². The highest BCUT2D eigenvalue weighted by Crippen LogP contribution is 2.18. The first-order valence-corrected chi connectivity index (χ1v) is 7.50. The number of carbonyl (C=O) groups excluding carboxylic acids is 2. The van der Waals surface area contributed by atoms with E-state index in [1.807, 2.05) is 0 Å². The van der Waals surface area contributed by atoms with Crippen LogP contribution >= 0.6 is 0 Å². The molecule has 20 heavy (non-hydrogen) atoms. The second kappa shape index (κ2) is 6.57. The van der Waals surface area contributed by atoms with Gasteiger partial charge in [-0.05, 0) is 61.1 Å². The third-order valence-corrected chi connectivity index (χ3v) is 4.12. The van der Waals surface area contributed by atoms with Crippen molar-refractivity contribution in [3.8, 4) is 0 Å². The zero-order valence-corrected chi connectivity index (χ0v) is 13.7. The van der Waals surface area contributed by atoms with Crippen molar-refractivity contribution < 1.29 is 9.59 Å². The van der Waals surface area contributed by atoms with Gasteiger partial charge in [0.05, 0.1) is 0 Å². The molecule has 1 N–H and O–H groups in total. The monoisotopic (exact) mass is 283 g/mol. The van der Waals surface area contributed by atoms with E-state index in [1.54, 1.807) is 25.7 Å². The molecule has 0 aromatic heterocycles. The Kier molecular flexibility index (Phi) is 5.57. The highest BCUT2D eigenvalue weighted by atomic mass is 16.2. The molecule has 1 aliphatic heterocycles. The van der Waals surface area contributed by atoms with Gasteiger partial charge in [-0.25, -0.2) is 0 Å². The van der Waals surface area contributed by atoms with E-state index in [-0.39, 0.29) is 17.9 Å². The van der Waals surface area contributed by atoms with E-state index in [0.717, 1.165) is 19.4 Å². The predicted octanol–water partition coefficient (Wildman–Crippen LogP) is 1.23. The summed E-state index contributed by atoms with van der Waals surface area (Å²) in [4.78, 5) is 28.2. The smallest absolute Gasteiger partial charge is 0.248 e. The highest BCUT2D eigenvalue weighted by Gasteiger charge is 2.42. The lowest BCUT2D eigenvalue weighted by molar-refractivity contribution is -0.152. The number of hydrogen-bond donors (Lipinski definition) is 1. The second-order valence-electron chi connectivity index (χ2n) is 6.57. The first-order valence-electron chi connectivity index (χ1n) is 7.50. The molecule has 1 saturated heterocycles. The van der Waals surface area contributed by atoms with E-state index in [2.05, 4.69) is 31.1 Å². The van der Waals surface area contributed by atoms with Gasteiger partial charge in [0.15, 0.2) is 0 Å². The van der Waals surface area contributed by atoms with Crippen LogP contribution in [0.2, 0.25) is 0 Å². The quantitative estimate of drug-likeness (QED) is 0.746. The Morgan fingerprint density at radius 2 is 1.90 bits per heavy atom. The number of hydrogen-bond acceptors (Lipinski definition) is 3. The molecule has 1 heterocycles. The number of nitrogens with zero attached hydrogens (tertiary/aromatic N) is 2. The van der Waals surface area contributed by atoms with E-state index < -0.39 is 5.54 Å². The minimum Gasteiger partial charge on any atom is -0.340 e. The molecule has 5 heteroatoms. The van der Waals surface area contributed by atoms with Gasteiger partial charge in [0.2, 0.25) is 11.8 Å². The van der Waals surface area contributed by atoms with Crippen LogP contribution in [0.5, 0.6) is 0 Å². The summed E-state index contributed by atoms with van der Waals surface area (Å²) in [7, 11) is 2.11. The van der Waals surface area contributed by atoms with Crippen molar-refractivity contribution in [1.29, 1.82) is 0 Å². The average molecular weight is 283 g/mol. The molecule has 1 aliphatic rings. The molecule has 5 nitrogen and oxygen atoms in total. The third kappa shape index (κ3) is 3.95. The summed E-state index contributed by atoms with van der Waals surface area (Å²) in [5, 5.41) is 2.77. The molecule has 0 spiro atoms. The van der Waals surface area contributed by atoms with Gasteiger partial charge in [0.25, 0.3) is 0 Å². The molecular weight excluding hydrogens is 254 g/mol. The van der Waals surface area contributed by atoms with Crippen LogP contribution in [0, 0.1) is 0 Å². The second-order valence-corrected chi connectivity index (χ2v) is 6.57. The maximum atomic E-state index is 12.3. The molecule has 0 saturated carbocycles. The molecule has 0 aliphatic carbocycles. The number of unbranched alkanes of at least 4 members (excludes halogenated alkanes) is 1. The first-order chi connectivity index (χ1) is 9.16. The van der Waals surface area contributed by atoms with Crippen LogP contribution in [0.3, 0.4) is 0 Å². The Morgan fingerprint density at radius 1 is 1.30 bits per heavy atom. The zero-order valence-electron chi connectivity index (χ0n) is 13.7. The minimum absolute atomic E-state index is 0.0156. The summed E-state index contributed by atoms with van der Waals surface area (Å²) in [6.07, 6.45) is 1.96. The van der Waals surface area contributed by atoms with E-state index in [9.17, 15) is 9.59 Å². The fourth-order valence-corrected chi connectivity index (χ4v) is 2.34. The van der Waals surface area contributed by atoms with Crippen LogP contribution in [0.4, 0.5) is 0 Å². The molecule has 0 aromatic rings. The topological polar surface area (TPSA) is 52.6 Å². The standard InChI is InChI=1S/C15H29N3O2/c1-11(2)17(6)9-7-8-10-18-12(3)13(19)16-15(4,5)14(18)20/h11-12H,7-10H2,1-6H3,(H,16,19). The summed E-state index contributed by atoms with van der Waals surface area (Å²) >= 11 is 0. The van der Waals surface area contributed by atoms with Crippen molar-refractivity contribution in [2.75, 3.05) is 20.1 Å². The van der Waals surface area contributed by atoms with Crippen LogP contribution in [0.1, 0.15) is 47.5 Å². The van der Waals surface area contributed by atoms with Gasteiger partial charge in [0.1, 0.15) is 11.6 Å². The largest absolute Gasteiger partial charge is 0.340 e. The van der Waals surface area contributed by atoms with Crippen molar-refractivity contribution in [2.24, 2.45) is 0 Å². The summed E-state index contributed by atoms with van der Waals surface area (Å²) in [6, 6.07) is 0.175. The van der Waals surface area contributed by atoms with Crippen molar-refractivity contribution in [3.63, 3.8) is 0 Å². The molecule has 2 amide bonds. The van der Waals surface area contributed by atoms with Crippen LogP contribution < -0.4 is 5.32 Å². The van der Waals surface area contributed by atoms with Crippen molar-refractivity contribution in [3.05, 3.63) is 0 Å². The summed E-state index contributed by atoms with van der Waals surface area (Å²) in [5.74, 6) is -0.0456. The number of carbonyl (C=O) groups is 2. The fourth-order valence-electron chi connectivity index (χ4n) is 2.34. The van der Waals surface area contributed by atoms with E-state index in [0.29, 0.717) is 12.6 Å². The molecule has 0 aromatic carbocycles. The van der Waals surface area contributed by atoms with Gasteiger partial charge in [-0.1, -0.05) is 0 Å². The molecule has 0 bridgehead atoms. The maximum Gasteiger partial charge on any atom is 0.248 e. The van der Waals surface area contributed by atoms with Crippen LogP contribution in [-0.4, -0.2) is 59.4 Å². The molecule has 1 unspecified atom stereocenters. The van der Waals surface area contributed by atoms with E-state index >= 15 is 0 Å². The highest BCUT2D eigenvalue weighted by molar-refractivity contribution is 5.99. The Morgan fingerprint density at radius 3 is 2.45 bits per heavy atom. The predicted molar refractivity (Wildman–Crippen MR) is 80.4 cm³/mol. The van der Waals surface area contributed by atoms with Crippen LogP contribution in [0.25, 0.3) is 0 Å². The normalized spacial score (nSPS) is 22.6. The van der Waals surface area contributed by atoms with E-state index in [4.69, 9.17) is 0 Å². The Hall–Kier alpha value is -1.10. The molecule has 1 fully saturated rings. The van der Waals surface area contributed by atoms with Crippen molar-refractivity contribution >= 4 is 11.8 Å². The third-order valence-electron chi connectivity index (χ3n) is 4.12. The minimum atomic E-state index is -0.779. The van der Waals surface area contributed by atoms with Gasteiger partial charge >= 0.3 is 0 Å². The summed E-state index contributed by atoms with van der Waals surface area (Å²) in [5.41, 5.74) is -0.779. The summed E-state index contributed by atoms with van der Waals surface area (Å²) in [6.45, 7) is 11.3. The number of nitrogens with one attached hydrogen (secondary N) is 1. The van der Waals surface area contributed by atoms with Crippen molar-refractivity contribution in [2.45, 2.75) is 65.1 Å². The lowest BCUT2D eigenvalue weighted by atomic mass is 9.97. The molecule has 1 rings (SSSR count). The molecule has 1 atom stereocenters. The maximum absolute atomic E-state index is 12.3.